The van der Waals surface area contributed by atoms with Crippen molar-refractivity contribution in [3.8, 4) is 5.75 Å². The number of benzene rings is 6. The van der Waals surface area contributed by atoms with Crippen LogP contribution in [0.4, 0.5) is 0 Å². The van der Waals surface area contributed by atoms with Crippen LogP contribution in [0.5, 0.6) is 5.75 Å². The summed E-state index contributed by atoms with van der Waals surface area (Å²) in [7, 11) is -5.60. The highest BCUT2D eigenvalue weighted by Gasteiger charge is 2.36. The van der Waals surface area contributed by atoms with Crippen LogP contribution in [0.1, 0.15) is 143 Å². The number of hydrogen-bond donors (Lipinski definition) is 7. The lowest BCUT2D eigenvalue weighted by atomic mass is 9.95. The topological polar surface area (TPSA) is 379 Å². The molecule has 4 atom stereocenters. The van der Waals surface area contributed by atoms with Crippen LogP contribution in [0.25, 0.3) is 21.9 Å². The van der Waals surface area contributed by atoms with Gasteiger partial charge in [0.1, 0.15) is 44.9 Å². The minimum Gasteiger partial charge on any atom is -0.493 e. The molecule has 7 N–H and O–H groups in total. The number of unbranched alkanes of at least 4 members (excludes halogenated alkanes) is 1. The number of rotatable bonds is 23. The van der Waals surface area contributed by atoms with Gasteiger partial charge in [-0.05, 0) is 168 Å². The molecule has 14 rings (SSSR count). The van der Waals surface area contributed by atoms with Crippen LogP contribution in [0, 0.1) is 0 Å². The number of hydrogen-bond acceptors (Lipinski definition) is 17. The van der Waals surface area contributed by atoms with E-state index in [1.807, 2.05) is 36.4 Å². The SMILES string of the molecule is C=S(C)(=O)N1CCC=C(C[C@H](NC(=O)c2c(Cl)cc3c(c2Cl)CCN(C(=O)c2ccc4ccoc4c2)C3)C(=O)O)C1.CS(=O)(=O)CCCC[C@H](NC(=O)c1c(Cl)cc2c(c1Cl)CCN(C(=O)c1ccc3ccoc3c1)C2)C(=O)O.O=C(NC[C@H](NC(=O)c1c(Cl)cc2c(c1Cl)CCN(C(=O)c1ccc3c(c1)OCC3)C2)C(=O)O)c1cccs1. The molecule has 0 aliphatic carbocycles. The van der Waals surface area contributed by atoms with E-state index < -0.39 is 79.2 Å². The summed E-state index contributed by atoms with van der Waals surface area (Å²) in [4.78, 5) is 132. The summed E-state index contributed by atoms with van der Waals surface area (Å²) in [6.07, 6.45) is 11.0. The van der Waals surface area contributed by atoms with Crippen molar-refractivity contribution in [2.24, 2.45) is 0 Å². The van der Waals surface area contributed by atoms with Crippen LogP contribution < -0.4 is 26.0 Å². The Morgan fingerprint density at radius 1 is 0.525 bits per heavy atom. The summed E-state index contributed by atoms with van der Waals surface area (Å²) >= 11 is 40.5. The molecule has 8 heterocycles. The molecular weight excluding hydrogens is 1710 g/mol. The Balaban J connectivity index is 0.000000163. The van der Waals surface area contributed by atoms with Gasteiger partial charge < -0.3 is 64.9 Å². The summed E-state index contributed by atoms with van der Waals surface area (Å²) in [5.41, 5.74) is 8.65. The van der Waals surface area contributed by atoms with Crippen LogP contribution in [-0.4, -0.2) is 194 Å². The molecule has 5 aliphatic heterocycles. The highest BCUT2D eigenvalue weighted by Crippen LogP contribution is 2.40. The molecule has 0 saturated carbocycles. The third kappa shape index (κ3) is 20.6. The molecule has 0 spiro atoms. The van der Waals surface area contributed by atoms with Crippen molar-refractivity contribution in [1.82, 2.24) is 40.3 Å². The first kappa shape index (κ1) is 87.3. The number of carbonyl (C=O) groups excluding carboxylic acids is 7. The van der Waals surface area contributed by atoms with E-state index in [1.165, 1.54) is 11.3 Å². The van der Waals surface area contributed by atoms with Crippen molar-refractivity contribution in [1.29, 1.82) is 0 Å². The van der Waals surface area contributed by atoms with E-state index in [2.05, 4.69) is 27.1 Å². The Kier molecular flexibility index (Phi) is 27.8. The molecule has 0 bridgehead atoms. The number of nitrogens with one attached hydrogen (secondary N) is 4. The highest BCUT2D eigenvalue weighted by molar-refractivity contribution is 7.97. The highest BCUT2D eigenvalue weighted by atomic mass is 35.5. The second-order valence-corrected chi connectivity index (χ2v) is 36.8. The lowest BCUT2D eigenvalue weighted by Gasteiger charge is -2.31. The zero-order valence-electron chi connectivity index (χ0n) is 63.3. The molecule has 5 aliphatic rings. The Morgan fingerprint density at radius 2 is 0.983 bits per heavy atom. The van der Waals surface area contributed by atoms with E-state index in [-0.39, 0.29) is 116 Å². The third-order valence-corrected chi connectivity index (χ3v) is 26.0. The second kappa shape index (κ2) is 37.5. The first-order valence-corrected chi connectivity index (χ1v) is 44.3. The molecule has 3 aromatic heterocycles. The fourth-order valence-corrected chi connectivity index (χ4v) is 19.0. The number of carbonyl (C=O) groups is 10. The molecule has 9 aromatic rings. The summed E-state index contributed by atoms with van der Waals surface area (Å²) in [5, 5.41) is 42.9. The smallest absolute Gasteiger partial charge is 0.328 e. The maximum atomic E-state index is 13.3. The number of fused-ring (bicyclic) bond motifs is 6. The van der Waals surface area contributed by atoms with Crippen molar-refractivity contribution in [3.63, 3.8) is 0 Å². The number of aliphatic carboxylic acids is 3. The largest absolute Gasteiger partial charge is 0.493 e. The Bertz CT molecular complexity index is 5800. The number of halogens is 6. The number of carboxylic acid groups (broad SMARTS) is 3. The monoisotopic (exact) mass is 1780 g/mol. The van der Waals surface area contributed by atoms with Crippen molar-refractivity contribution in [2.45, 2.75) is 95.5 Å². The van der Waals surface area contributed by atoms with Crippen molar-refractivity contribution in [2.75, 3.05) is 64.1 Å². The Morgan fingerprint density at radius 3 is 1.43 bits per heavy atom. The zero-order chi connectivity index (χ0) is 84.8. The molecular formula is C82H78Cl6N8O19S3. The molecule has 0 saturated heterocycles. The quantitative estimate of drug-likeness (QED) is 0.0178. The number of sulfone groups is 1. The van der Waals surface area contributed by atoms with E-state index >= 15 is 0 Å². The first-order valence-electron chi connectivity index (χ1n) is 37.0. The normalized spacial score (nSPS) is 15.6. The summed E-state index contributed by atoms with van der Waals surface area (Å²) in [6, 6.07) is 23.8. The average molecular weight is 1790 g/mol. The van der Waals surface area contributed by atoms with E-state index in [4.69, 9.17) is 83.2 Å². The predicted octanol–water partition coefficient (Wildman–Crippen LogP) is 12.5. The van der Waals surface area contributed by atoms with E-state index in [9.17, 15) is 75.9 Å². The lowest BCUT2D eigenvalue weighted by Crippen LogP contribution is -2.48. The van der Waals surface area contributed by atoms with Gasteiger partial charge in [0.2, 0.25) is 0 Å². The standard InChI is InChI=1S/C29H29Cl2N3O6S.C27H23Cl2N3O6S.C26H26Cl2N2O7S/c1-41(2,39)34-9-3-4-17(15-34)12-23(29(37)38)32-27(35)25-22(30)13-20-16-33(10-7-21(20)26(25)31)28(36)19-6-5-18-8-11-40-24(18)14-19;28-18-10-16-13-32(26(35)15-4-3-14-6-8-38-20(14)11-15)7-5-17(16)23(29)22(18)25(34)31-19(27(36)37)12-30-24(33)21-2-1-9-39-21;1-38(35,36)11-3-2-4-20(26(33)34)29-24(31)22-19(27)12-17-14-30(9-7-18(17)23(22)28)25(32)16-6-5-15-8-10-37-21(15)13-16/h4-6,8,11,13-14,23H,1,3,7,9-10,12,15-16H2,2H3,(H,32,35)(H,37,38);1-4,9-11,19H,5-8,12-13H2,(H,30,33)(H,31,34)(H,36,37);5-6,8,10,12-13,20H,2-4,7,9,11,14H2,1H3,(H,29,31)(H,33,34)/t23-,41?;19-;20-/m000/s1. The summed E-state index contributed by atoms with van der Waals surface area (Å²) in [6.45, 7) is 3.00. The van der Waals surface area contributed by atoms with Gasteiger partial charge in [-0.3, -0.25) is 37.8 Å². The van der Waals surface area contributed by atoms with Crippen LogP contribution in [0.3, 0.4) is 0 Å². The Labute approximate surface area is 711 Å². The van der Waals surface area contributed by atoms with Crippen LogP contribution >= 0.6 is 80.9 Å². The van der Waals surface area contributed by atoms with E-state index in [0.29, 0.717) is 138 Å². The van der Waals surface area contributed by atoms with Gasteiger partial charge in [0.15, 0.2) is 0 Å². The Hall–Kier alpha value is -9.99. The van der Waals surface area contributed by atoms with Gasteiger partial charge in [0, 0.05) is 127 Å². The van der Waals surface area contributed by atoms with E-state index in [1.54, 1.807) is 110 Å². The van der Waals surface area contributed by atoms with Gasteiger partial charge in [-0.25, -0.2) is 27.1 Å². The molecule has 6 aromatic carbocycles. The third-order valence-electron chi connectivity index (χ3n) is 20.6. The molecule has 0 radical (unpaired) electrons. The van der Waals surface area contributed by atoms with Crippen LogP contribution in [0.15, 0.2) is 135 Å². The number of amides is 7. The predicted molar refractivity (Wildman–Crippen MR) is 450 cm³/mol. The minimum atomic E-state index is -3.16. The second-order valence-electron chi connectivity index (χ2n) is 28.8. The fraction of sp³-hybridized carbons (Fsp3) is 0.305. The van der Waals surface area contributed by atoms with E-state index in [0.717, 1.165) is 40.3 Å². The average Bonchev–Trinajstić information content (AvgIpc) is 1.15. The molecule has 36 heteroatoms. The molecule has 1 unspecified atom stereocenters. The van der Waals surface area contributed by atoms with Crippen molar-refractivity contribution in [3.05, 3.63) is 234 Å². The number of ether oxygens (including phenoxy) is 1. The van der Waals surface area contributed by atoms with Gasteiger partial charge in [-0.15, -0.1) is 11.3 Å². The number of thiophene rings is 1. The number of nitrogens with zero attached hydrogens (tertiary/aromatic N) is 4. The fourth-order valence-electron chi connectivity index (χ4n) is 14.4. The summed E-state index contributed by atoms with van der Waals surface area (Å²) in [5.74, 6) is -2.56. The molecule has 27 nitrogen and oxygen atoms in total. The lowest BCUT2D eigenvalue weighted by molar-refractivity contribution is -0.140. The maximum absolute atomic E-state index is 13.3. The van der Waals surface area contributed by atoms with Gasteiger partial charge in [-0.2, -0.15) is 0 Å². The molecule has 7 amide bonds. The molecule has 118 heavy (non-hydrogen) atoms. The van der Waals surface area contributed by atoms with Crippen LogP contribution in [-0.2, 0) is 79.2 Å². The minimum absolute atomic E-state index is 0.00466. The number of carboxylic acids is 3. The van der Waals surface area contributed by atoms with Gasteiger partial charge >= 0.3 is 17.9 Å². The first-order chi connectivity index (χ1) is 56.1. The van der Waals surface area contributed by atoms with Crippen LogP contribution in [0.2, 0.25) is 30.1 Å². The molecule has 0 fully saturated rings. The zero-order valence-corrected chi connectivity index (χ0v) is 70.3. The van der Waals surface area contributed by atoms with Crippen molar-refractivity contribution < 1.29 is 89.5 Å². The van der Waals surface area contributed by atoms with Crippen molar-refractivity contribution >= 4 is 188 Å². The number of furan rings is 2. The van der Waals surface area contributed by atoms with Gasteiger partial charge in [0.05, 0.1) is 70.8 Å². The summed E-state index contributed by atoms with van der Waals surface area (Å²) < 4.78 is 53.1. The molecule has 620 valence electrons. The maximum Gasteiger partial charge on any atom is 0.328 e. The van der Waals surface area contributed by atoms with Gasteiger partial charge in [0.25, 0.3) is 41.4 Å². The van der Waals surface area contributed by atoms with Gasteiger partial charge in [-0.1, -0.05) is 106 Å².